The molecule has 0 saturated heterocycles. The van der Waals surface area contributed by atoms with Crippen LogP contribution in [-0.2, 0) is 11.2 Å². The number of hydrogen-bond acceptors (Lipinski definition) is 6. The first-order chi connectivity index (χ1) is 18.9. The van der Waals surface area contributed by atoms with Crippen LogP contribution in [0.3, 0.4) is 0 Å². The van der Waals surface area contributed by atoms with E-state index < -0.39 is 0 Å². The molecule has 0 radical (unpaired) electrons. The highest BCUT2D eigenvalue weighted by Crippen LogP contribution is 2.38. The van der Waals surface area contributed by atoms with Gasteiger partial charge in [0, 0.05) is 18.9 Å². The number of carbonyl (C=O) groups is 1. The van der Waals surface area contributed by atoms with Crippen molar-refractivity contribution in [1.29, 1.82) is 0 Å². The monoisotopic (exact) mass is 542 g/mol. The van der Waals surface area contributed by atoms with Gasteiger partial charge in [-0.25, -0.2) is 0 Å². The third kappa shape index (κ3) is 8.47. The van der Waals surface area contributed by atoms with Crippen molar-refractivity contribution in [2.24, 2.45) is 17.0 Å². The molecule has 4 atom stereocenters. The molecule has 1 aliphatic carbocycles. The van der Waals surface area contributed by atoms with E-state index in [-0.39, 0.29) is 24.0 Å². The number of amides is 1. The van der Waals surface area contributed by atoms with Crippen LogP contribution >= 0.6 is 0 Å². The molecule has 39 heavy (non-hydrogen) atoms. The predicted octanol–water partition coefficient (Wildman–Crippen LogP) is 6.84. The van der Waals surface area contributed by atoms with Gasteiger partial charge in [0.2, 0.25) is 5.91 Å². The quantitative estimate of drug-likeness (QED) is 0.110. The molecule has 1 heterocycles. The molecule has 7 heteroatoms. The molecule has 2 N–H and O–H groups in total. The minimum atomic E-state index is -0.384. The van der Waals surface area contributed by atoms with E-state index in [1.807, 2.05) is 23.1 Å². The number of hydrogen-bond donors (Lipinski definition) is 2. The molecule has 0 bridgehead atoms. The fourth-order valence-electron chi connectivity index (χ4n) is 6.28. The van der Waals surface area contributed by atoms with Crippen LogP contribution < -0.4 is 9.47 Å². The first-order valence-electron chi connectivity index (χ1n) is 15.0. The molecule has 1 saturated carbocycles. The van der Waals surface area contributed by atoms with Crippen molar-refractivity contribution < 1.29 is 24.6 Å². The van der Waals surface area contributed by atoms with Gasteiger partial charge in [-0.2, -0.15) is 0 Å². The van der Waals surface area contributed by atoms with E-state index in [9.17, 15) is 15.1 Å². The number of carbonyl (C=O) groups excluding carboxylic acids is 1. The average molecular weight is 543 g/mol. The third-order valence-electron chi connectivity index (χ3n) is 8.65. The Balaban J connectivity index is 1.41. The van der Waals surface area contributed by atoms with E-state index in [0.29, 0.717) is 18.1 Å². The summed E-state index contributed by atoms with van der Waals surface area (Å²) in [5.41, 5.74) is 3.26. The summed E-state index contributed by atoms with van der Waals surface area (Å²) in [6.07, 6.45) is 16.1. The van der Waals surface area contributed by atoms with Crippen molar-refractivity contribution in [3.63, 3.8) is 0 Å². The van der Waals surface area contributed by atoms with Gasteiger partial charge in [0.05, 0.1) is 32.1 Å². The van der Waals surface area contributed by atoms with E-state index in [2.05, 4.69) is 25.1 Å². The lowest BCUT2D eigenvalue weighted by Gasteiger charge is -2.36. The molecule has 0 spiro atoms. The highest BCUT2D eigenvalue weighted by atomic mass is 16.5. The van der Waals surface area contributed by atoms with Crippen molar-refractivity contribution in [2.75, 3.05) is 20.8 Å². The zero-order chi connectivity index (χ0) is 28.2. The summed E-state index contributed by atoms with van der Waals surface area (Å²) >= 11 is 0. The lowest BCUT2D eigenvalue weighted by atomic mass is 9.89. The summed E-state index contributed by atoms with van der Waals surface area (Å²) in [7, 11) is 3.29. The molecular formula is C32H50N2O5. The summed E-state index contributed by atoms with van der Waals surface area (Å²) in [6, 6.07) is 4.08. The van der Waals surface area contributed by atoms with Crippen LogP contribution in [0.2, 0.25) is 0 Å². The third-order valence-corrected chi connectivity index (χ3v) is 8.65. The Labute approximate surface area is 235 Å². The Morgan fingerprint density at radius 2 is 1.85 bits per heavy atom. The standard InChI is InChI=1S/C32H50N2O5/c1-5-6-9-12-26(35)17-15-24-16-18-29(33-37)27(24)13-10-7-8-11-14-32(36)34-20-19-25-21-30(38-3)31(39-4)22-28(25)23(34)2/h15,17,21-24,26-27,35,37H,5-14,16,18-20H2,1-4H3/b17-15-,33-29-/t23-,24-,26-,27+/m0/s1. The molecule has 218 valence electrons. The van der Waals surface area contributed by atoms with Crippen LogP contribution in [0, 0.1) is 11.8 Å². The maximum absolute atomic E-state index is 13.1. The second kappa shape index (κ2) is 15.9. The smallest absolute Gasteiger partial charge is 0.223 e. The molecule has 0 aromatic heterocycles. The lowest BCUT2D eigenvalue weighted by Crippen LogP contribution is -2.38. The molecule has 3 rings (SSSR count). The first kappa shape index (κ1) is 31.0. The fourth-order valence-corrected chi connectivity index (χ4v) is 6.28. The minimum absolute atomic E-state index is 0.0229. The van der Waals surface area contributed by atoms with Crippen LogP contribution in [0.15, 0.2) is 29.4 Å². The summed E-state index contributed by atoms with van der Waals surface area (Å²) in [6.45, 7) is 5.00. The van der Waals surface area contributed by atoms with Gasteiger partial charge < -0.3 is 24.7 Å². The largest absolute Gasteiger partial charge is 0.493 e. The van der Waals surface area contributed by atoms with Gasteiger partial charge >= 0.3 is 0 Å². The second-order valence-electron chi connectivity index (χ2n) is 11.2. The Hall–Kier alpha value is -2.54. The van der Waals surface area contributed by atoms with Gasteiger partial charge in [-0.05, 0) is 74.6 Å². The fraction of sp³-hybridized carbons (Fsp3) is 0.688. The van der Waals surface area contributed by atoms with E-state index >= 15 is 0 Å². The van der Waals surface area contributed by atoms with Crippen molar-refractivity contribution in [3.05, 3.63) is 35.4 Å². The number of unbranched alkanes of at least 4 members (excludes halogenated alkanes) is 5. The van der Waals surface area contributed by atoms with E-state index in [0.717, 1.165) is 101 Å². The molecule has 2 aliphatic rings. The normalized spacial score (nSPS) is 22.8. The lowest BCUT2D eigenvalue weighted by molar-refractivity contribution is -0.133. The number of nitrogens with zero attached hydrogens (tertiary/aromatic N) is 2. The number of aliphatic hydroxyl groups is 1. The van der Waals surface area contributed by atoms with Crippen LogP contribution in [0.1, 0.15) is 108 Å². The zero-order valence-electron chi connectivity index (χ0n) is 24.5. The Morgan fingerprint density at radius 3 is 2.56 bits per heavy atom. The molecule has 0 unspecified atom stereocenters. The second-order valence-corrected chi connectivity index (χ2v) is 11.2. The van der Waals surface area contributed by atoms with Crippen molar-refractivity contribution in [3.8, 4) is 11.5 Å². The van der Waals surface area contributed by atoms with Crippen molar-refractivity contribution in [1.82, 2.24) is 4.90 Å². The zero-order valence-corrected chi connectivity index (χ0v) is 24.5. The number of oxime groups is 1. The highest BCUT2D eigenvalue weighted by molar-refractivity contribution is 5.88. The van der Waals surface area contributed by atoms with Crippen molar-refractivity contribution >= 4 is 11.6 Å². The molecule has 1 aromatic rings. The summed E-state index contributed by atoms with van der Waals surface area (Å²) in [5.74, 6) is 2.24. The number of methoxy groups -OCH3 is 2. The first-order valence-corrected chi connectivity index (χ1v) is 15.0. The average Bonchev–Trinajstić information content (AvgIpc) is 3.34. The number of allylic oxidation sites excluding steroid dienone is 1. The summed E-state index contributed by atoms with van der Waals surface area (Å²) in [5, 5.41) is 23.4. The molecule has 7 nitrogen and oxygen atoms in total. The van der Waals surface area contributed by atoms with Gasteiger partial charge in [0.15, 0.2) is 11.5 Å². The highest BCUT2D eigenvalue weighted by Gasteiger charge is 2.32. The summed E-state index contributed by atoms with van der Waals surface area (Å²) in [4.78, 5) is 15.1. The molecule has 1 aliphatic heterocycles. The molecule has 1 aromatic carbocycles. The van der Waals surface area contributed by atoms with E-state index in [1.165, 1.54) is 5.56 Å². The number of ether oxygens (including phenoxy) is 2. The van der Waals surface area contributed by atoms with Gasteiger partial charge in [-0.3, -0.25) is 4.79 Å². The van der Waals surface area contributed by atoms with Crippen molar-refractivity contribution in [2.45, 2.75) is 109 Å². The van der Waals surface area contributed by atoms with Crippen LogP contribution in [0.4, 0.5) is 0 Å². The van der Waals surface area contributed by atoms with Gasteiger partial charge in [0.1, 0.15) is 0 Å². The van der Waals surface area contributed by atoms with Gasteiger partial charge in [0.25, 0.3) is 0 Å². The SMILES string of the molecule is CCCCC[C@H](O)/C=C\[C@H]1CC/C(=N/O)[C@@H]1CCCCCCC(=O)N1CCc2cc(OC)c(OC)cc2[C@@H]1C. The Kier molecular flexibility index (Phi) is 12.6. The minimum Gasteiger partial charge on any atom is -0.493 e. The Morgan fingerprint density at radius 1 is 1.10 bits per heavy atom. The molecule has 1 amide bonds. The maximum atomic E-state index is 13.1. The van der Waals surface area contributed by atoms with Crippen LogP contribution in [0.25, 0.3) is 0 Å². The predicted molar refractivity (Wildman–Crippen MR) is 156 cm³/mol. The summed E-state index contributed by atoms with van der Waals surface area (Å²) < 4.78 is 10.9. The maximum Gasteiger partial charge on any atom is 0.223 e. The topological polar surface area (TPSA) is 91.6 Å². The Bertz CT molecular complexity index is 976. The van der Waals surface area contributed by atoms with Crippen LogP contribution in [-0.4, -0.2) is 53.7 Å². The number of rotatable bonds is 15. The molecular weight excluding hydrogens is 492 g/mol. The number of benzene rings is 1. The van der Waals surface area contributed by atoms with Gasteiger partial charge in [-0.1, -0.05) is 62.8 Å². The van der Waals surface area contributed by atoms with Gasteiger partial charge in [-0.15, -0.1) is 0 Å². The number of aliphatic hydroxyl groups excluding tert-OH is 1. The van der Waals surface area contributed by atoms with E-state index in [4.69, 9.17) is 9.47 Å². The van der Waals surface area contributed by atoms with E-state index in [1.54, 1.807) is 14.2 Å². The van der Waals surface area contributed by atoms with Crippen LogP contribution in [0.5, 0.6) is 11.5 Å². The number of fused-ring (bicyclic) bond motifs is 1. The molecule has 1 fully saturated rings.